The van der Waals surface area contributed by atoms with Gasteiger partial charge in [0.25, 0.3) is 5.91 Å². The van der Waals surface area contributed by atoms with Crippen LogP contribution in [0.15, 0.2) is 29.0 Å². The summed E-state index contributed by atoms with van der Waals surface area (Å²) < 4.78 is 16.7. The number of hydrogen-bond acceptors (Lipinski definition) is 6. The highest BCUT2D eigenvalue weighted by Crippen LogP contribution is 2.35. The molecule has 2 aliphatic heterocycles. The van der Waals surface area contributed by atoms with E-state index in [1.807, 2.05) is 30.1 Å². The molecule has 3 heterocycles. The second kappa shape index (κ2) is 7.37. The van der Waals surface area contributed by atoms with Crippen LogP contribution in [0.2, 0.25) is 0 Å². The van der Waals surface area contributed by atoms with Crippen molar-refractivity contribution in [3.63, 3.8) is 0 Å². The number of nitrogens with one attached hydrogen (secondary N) is 1. The highest BCUT2D eigenvalue weighted by atomic mass is 16.6. The summed E-state index contributed by atoms with van der Waals surface area (Å²) in [7, 11) is 1.94. The maximum Gasteiger partial charge on any atom is 0.276 e. The number of benzene rings is 1. The van der Waals surface area contributed by atoms with Crippen LogP contribution in [-0.2, 0) is 0 Å². The SMILES string of the molecule is CNCC1CCCN(C(=O)c2ncoc2-c2ccc3c(c2)OCCO3)C1. The van der Waals surface area contributed by atoms with Crippen LogP contribution in [0.25, 0.3) is 11.3 Å². The molecular formula is C19H23N3O4. The van der Waals surface area contributed by atoms with Crippen molar-refractivity contribution in [3.05, 3.63) is 30.3 Å². The van der Waals surface area contributed by atoms with Crippen molar-refractivity contribution in [2.24, 2.45) is 5.92 Å². The van der Waals surface area contributed by atoms with Gasteiger partial charge in [-0.25, -0.2) is 4.98 Å². The Balaban J connectivity index is 1.58. The van der Waals surface area contributed by atoms with E-state index in [1.54, 1.807) is 0 Å². The smallest absolute Gasteiger partial charge is 0.276 e. The normalized spacial score (nSPS) is 19.4. The summed E-state index contributed by atoms with van der Waals surface area (Å²) in [5, 5.41) is 3.20. The van der Waals surface area contributed by atoms with Crippen molar-refractivity contribution in [1.29, 1.82) is 0 Å². The summed E-state index contributed by atoms with van der Waals surface area (Å²) in [6.07, 6.45) is 3.47. The Morgan fingerprint density at radius 1 is 1.31 bits per heavy atom. The number of piperidine rings is 1. The van der Waals surface area contributed by atoms with E-state index in [2.05, 4.69) is 10.3 Å². The molecule has 2 aliphatic rings. The van der Waals surface area contributed by atoms with E-state index in [9.17, 15) is 4.79 Å². The molecular weight excluding hydrogens is 334 g/mol. The number of carbonyl (C=O) groups is 1. The zero-order valence-corrected chi connectivity index (χ0v) is 14.9. The van der Waals surface area contributed by atoms with E-state index >= 15 is 0 Å². The third-order valence-electron chi connectivity index (χ3n) is 4.87. The highest BCUT2D eigenvalue weighted by Gasteiger charge is 2.28. The first kappa shape index (κ1) is 16.9. The molecule has 7 nitrogen and oxygen atoms in total. The van der Waals surface area contributed by atoms with Crippen LogP contribution in [-0.4, -0.2) is 55.7 Å². The van der Waals surface area contributed by atoms with E-state index in [-0.39, 0.29) is 5.91 Å². The van der Waals surface area contributed by atoms with Crippen molar-refractivity contribution >= 4 is 5.91 Å². The molecule has 0 radical (unpaired) electrons. The number of carbonyl (C=O) groups excluding carboxylic acids is 1. The molecule has 0 aliphatic carbocycles. The minimum atomic E-state index is -0.0792. The number of likely N-dealkylation sites (tertiary alicyclic amines) is 1. The summed E-state index contributed by atoms with van der Waals surface area (Å²) >= 11 is 0. The summed E-state index contributed by atoms with van der Waals surface area (Å²) in [6, 6.07) is 5.54. The maximum atomic E-state index is 13.0. The number of aromatic nitrogens is 1. The van der Waals surface area contributed by atoms with Crippen molar-refractivity contribution in [1.82, 2.24) is 15.2 Å². The van der Waals surface area contributed by atoms with Gasteiger partial charge in [-0.1, -0.05) is 0 Å². The summed E-state index contributed by atoms with van der Waals surface area (Å²) in [4.78, 5) is 19.1. The van der Waals surface area contributed by atoms with E-state index in [4.69, 9.17) is 13.9 Å². The van der Waals surface area contributed by atoms with Gasteiger partial charge in [-0.05, 0) is 50.6 Å². The molecule has 138 valence electrons. The quantitative estimate of drug-likeness (QED) is 0.904. The van der Waals surface area contributed by atoms with Crippen LogP contribution >= 0.6 is 0 Å². The highest BCUT2D eigenvalue weighted by molar-refractivity contribution is 5.97. The van der Waals surface area contributed by atoms with E-state index in [0.717, 1.165) is 38.0 Å². The molecule has 26 heavy (non-hydrogen) atoms. The van der Waals surface area contributed by atoms with E-state index in [0.29, 0.717) is 42.1 Å². The van der Waals surface area contributed by atoms with Gasteiger partial charge in [0.15, 0.2) is 29.3 Å². The molecule has 1 aromatic carbocycles. The predicted molar refractivity (Wildman–Crippen MR) is 95.5 cm³/mol. The first-order chi connectivity index (χ1) is 12.8. The van der Waals surface area contributed by atoms with Gasteiger partial charge >= 0.3 is 0 Å². The fourth-order valence-corrected chi connectivity index (χ4v) is 3.64. The monoisotopic (exact) mass is 357 g/mol. The van der Waals surface area contributed by atoms with Crippen LogP contribution < -0.4 is 14.8 Å². The van der Waals surface area contributed by atoms with Crippen LogP contribution in [0.1, 0.15) is 23.3 Å². The molecule has 1 aromatic heterocycles. The summed E-state index contributed by atoms with van der Waals surface area (Å²) in [5.74, 6) is 2.24. The van der Waals surface area contributed by atoms with Gasteiger partial charge in [0.2, 0.25) is 0 Å². The Morgan fingerprint density at radius 3 is 3.00 bits per heavy atom. The lowest BCUT2D eigenvalue weighted by Crippen LogP contribution is -2.42. The molecule has 0 saturated carbocycles. The third kappa shape index (κ3) is 3.26. The van der Waals surface area contributed by atoms with Crippen LogP contribution in [0.5, 0.6) is 11.5 Å². The number of nitrogens with zero attached hydrogens (tertiary/aromatic N) is 2. The molecule has 4 rings (SSSR count). The number of hydrogen-bond donors (Lipinski definition) is 1. The molecule has 2 aromatic rings. The van der Waals surface area contributed by atoms with Gasteiger partial charge in [-0.15, -0.1) is 0 Å². The average molecular weight is 357 g/mol. The molecule has 0 bridgehead atoms. The van der Waals surface area contributed by atoms with Gasteiger partial charge in [0.1, 0.15) is 13.2 Å². The van der Waals surface area contributed by atoms with E-state index < -0.39 is 0 Å². The molecule has 1 fully saturated rings. The van der Waals surface area contributed by atoms with Crippen molar-refractivity contribution in [2.45, 2.75) is 12.8 Å². The lowest BCUT2D eigenvalue weighted by atomic mass is 9.97. The number of rotatable bonds is 4. The first-order valence-corrected chi connectivity index (χ1v) is 9.03. The van der Waals surface area contributed by atoms with Gasteiger partial charge in [-0.3, -0.25) is 4.79 Å². The second-order valence-corrected chi connectivity index (χ2v) is 6.71. The lowest BCUT2D eigenvalue weighted by molar-refractivity contribution is 0.0669. The summed E-state index contributed by atoms with van der Waals surface area (Å²) in [6.45, 7) is 3.47. The lowest BCUT2D eigenvalue weighted by Gasteiger charge is -2.32. The predicted octanol–water partition coefficient (Wildman–Crippen LogP) is 2.18. The van der Waals surface area contributed by atoms with Gasteiger partial charge in [0, 0.05) is 18.7 Å². The fourth-order valence-electron chi connectivity index (χ4n) is 3.64. The summed E-state index contributed by atoms with van der Waals surface area (Å²) in [5.41, 5.74) is 1.12. The van der Waals surface area contributed by atoms with Crippen molar-refractivity contribution < 1.29 is 18.7 Å². The standard InChI is InChI=1S/C19H23N3O4/c1-20-10-13-3-2-6-22(11-13)19(23)17-18(26-12-21-17)14-4-5-15-16(9-14)25-8-7-24-15/h4-5,9,12-13,20H,2-3,6-8,10-11H2,1H3. The molecule has 7 heteroatoms. The Bertz CT molecular complexity index is 787. The van der Waals surface area contributed by atoms with Crippen LogP contribution in [0.3, 0.4) is 0 Å². The van der Waals surface area contributed by atoms with Gasteiger partial charge < -0.3 is 24.1 Å². The molecule has 0 spiro atoms. The molecule has 1 N–H and O–H groups in total. The number of oxazole rings is 1. The number of amides is 1. The van der Waals surface area contributed by atoms with Crippen molar-refractivity contribution in [2.75, 3.05) is 39.9 Å². The Labute approximate surface area is 152 Å². The van der Waals surface area contributed by atoms with Crippen LogP contribution in [0.4, 0.5) is 0 Å². The fraction of sp³-hybridized carbons (Fsp3) is 0.474. The minimum Gasteiger partial charge on any atom is -0.486 e. The van der Waals surface area contributed by atoms with Crippen LogP contribution in [0, 0.1) is 5.92 Å². The minimum absolute atomic E-state index is 0.0792. The largest absolute Gasteiger partial charge is 0.486 e. The zero-order chi connectivity index (χ0) is 17.9. The first-order valence-electron chi connectivity index (χ1n) is 9.03. The number of ether oxygens (including phenoxy) is 2. The Kier molecular flexibility index (Phi) is 4.79. The molecule has 1 atom stereocenters. The van der Waals surface area contributed by atoms with Gasteiger partial charge in [0.05, 0.1) is 0 Å². The third-order valence-corrected chi connectivity index (χ3v) is 4.87. The van der Waals surface area contributed by atoms with Gasteiger partial charge in [-0.2, -0.15) is 0 Å². The average Bonchev–Trinajstić information content (AvgIpc) is 3.17. The molecule has 1 amide bonds. The Morgan fingerprint density at radius 2 is 2.15 bits per heavy atom. The zero-order valence-electron chi connectivity index (χ0n) is 14.9. The topological polar surface area (TPSA) is 76.8 Å². The second-order valence-electron chi connectivity index (χ2n) is 6.71. The van der Waals surface area contributed by atoms with Crippen molar-refractivity contribution in [3.8, 4) is 22.8 Å². The molecule has 1 unspecified atom stereocenters. The molecule has 1 saturated heterocycles. The number of fused-ring (bicyclic) bond motifs is 1. The van der Waals surface area contributed by atoms with E-state index in [1.165, 1.54) is 6.39 Å². The maximum absolute atomic E-state index is 13.0. The Hall–Kier alpha value is -2.54.